The Hall–Kier alpha value is -1.70. The number of esters is 1. The Kier molecular flexibility index (Phi) is 6.93. The summed E-state index contributed by atoms with van der Waals surface area (Å²) in [5, 5.41) is 3.63. The van der Waals surface area contributed by atoms with Gasteiger partial charge in [0.1, 0.15) is 16.5 Å². The van der Waals surface area contributed by atoms with Gasteiger partial charge in [-0.25, -0.2) is 9.78 Å². The van der Waals surface area contributed by atoms with Gasteiger partial charge in [0.15, 0.2) is 0 Å². The number of carbonyl (C=O) groups is 2. The van der Waals surface area contributed by atoms with Crippen LogP contribution in [0.2, 0.25) is 0 Å². The molecular weight excluding hydrogens is 318 g/mol. The van der Waals surface area contributed by atoms with Gasteiger partial charge in [-0.1, -0.05) is 0 Å². The Morgan fingerprint density at radius 2 is 2.09 bits per heavy atom. The molecule has 0 aliphatic rings. The van der Waals surface area contributed by atoms with Crippen molar-refractivity contribution >= 4 is 23.8 Å². The summed E-state index contributed by atoms with van der Waals surface area (Å²) in [6.45, 7) is 5.38. The van der Waals surface area contributed by atoms with Gasteiger partial charge in [-0.3, -0.25) is 4.79 Å². The lowest BCUT2D eigenvalue weighted by Gasteiger charge is -2.23. The van der Waals surface area contributed by atoms with E-state index in [0.717, 1.165) is 5.03 Å². The molecule has 8 heteroatoms. The molecule has 1 N–H and O–H groups in total. The number of hydrogen-bond donors (Lipinski definition) is 1. The maximum atomic E-state index is 12.1. The molecule has 0 saturated carbocycles. The van der Waals surface area contributed by atoms with E-state index in [-0.39, 0.29) is 12.4 Å². The highest BCUT2D eigenvalue weighted by Crippen LogP contribution is 2.22. The van der Waals surface area contributed by atoms with Gasteiger partial charge in [0, 0.05) is 19.7 Å². The monoisotopic (exact) mass is 343 g/mol. The molecule has 0 saturated heterocycles. The Bertz CT molecular complexity index is 551. The van der Waals surface area contributed by atoms with E-state index in [2.05, 4.69) is 15.0 Å². The molecule has 23 heavy (non-hydrogen) atoms. The van der Waals surface area contributed by atoms with E-state index in [1.807, 2.05) is 24.1 Å². The number of aryl methyl sites for hydroxylation is 1. The summed E-state index contributed by atoms with van der Waals surface area (Å²) in [4.78, 5) is 27.9. The molecule has 0 unspecified atom stereocenters. The van der Waals surface area contributed by atoms with Crippen LogP contribution >= 0.6 is 11.8 Å². The lowest BCUT2D eigenvalue weighted by Crippen LogP contribution is -2.36. The molecule has 1 heterocycles. The van der Waals surface area contributed by atoms with Crippen LogP contribution in [0.3, 0.4) is 0 Å². The molecule has 0 fully saturated rings. The van der Waals surface area contributed by atoms with Crippen LogP contribution in [0.1, 0.15) is 45.5 Å². The van der Waals surface area contributed by atoms with Gasteiger partial charge in [0.25, 0.3) is 0 Å². The summed E-state index contributed by atoms with van der Waals surface area (Å²) in [5.41, 5.74) is -0.594. The fraction of sp³-hybridized carbons (Fsp3) is 0.667. The molecule has 0 radical (unpaired) electrons. The molecule has 1 atom stereocenters. The Morgan fingerprint density at radius 1 is 1.43 bits per heavy atom. The van der Waals surface area contributed by atoms with Crippen LogP contribution in [-0.2, 0) is 21.3 Å². The SMILES string of the molecule is COC(=O)CC[C@H](NC(=O)OC(C)(C)C)c1nc(SC)cn1C. The Labute approximate surface area is 141 Å². The fourth-order valence-corrected chi connectivity index (χ4v) is 2.40. The van der Waals surface area contributed by atoms with E-state index in [1.165, 1.54) is 18.9 Å². The lowest BCUT2D eigenvalue weighted by atomic mass is 10.1. The van der Waals surface area contributed by atoms with Crippen LogP contribution in [0.5, 0.6) is 0 Å². The Balaban J connectivity index is 2.90. The lowest BCUT2D eigenvalue weighted by molar-refractivity contribution is -0.140. The minimum absolute atomic E-state index is 0.179. The van der Waals surface area contributed by atoms with Crippen molar-refractivity contribution in [3.8, 4) is 0 Å². The number of nitrogens with one attached hydrogen (secondary N) is 1. The molecule has 1 aromatic rings. The van der Waals surface area contributed by atoms with Crippen LogP contribution in [0.15, 0.2) is 11.2 Å². The number of hydrogen-bond acceptors (Lipinski definition) is 6. The molecule has 130 valence electrons. The van der Waals surface area contributed by atoms with Gasteiger partial charge in [0.05, 0.1) is 13.2 Å². The zero-order valence-corrected chi connectivity index (χ0v) is 15.3. The predicted molar refractivity (Wildman–Crippen MR) is 88.3 cm³/mol. The number of ether oxygens (including phenoxy) is 2. The van der Waals surface area contributed by atoms with Crippen molar-refractivity contribution in [3.05, 3.63) is 12.0 Å². The van der Waals surface area contributed by atoms with E-state index in [1.54, 1.807) is 20.8 Å². The average molecular weight is 343 g/mol. The number of thioether (sulfide) groups is 1. The van der Waals surface area contributed by atoms with E-state index in [4.69, 9.17) is 4.74 Å². The number of nitrogens with zero attached hydrogens (tertiary/aromatic N) is 2. The summed E-state index contributed by atoms with van der Waals surface area (Å²) >= 11 is 1.51. The van der Waals surface area contributed by atoms with Gasteiger partial charge >= 0.3 is 12.1 Å². The van der Waals surface area contributed by atoms with Crippen molar-refractivity contribution in [1.29, 1.82) is 0 Å². The third kappa shape index (κ3) is 6.52. The van der Waals surface area contributed by atoms with Crippen molar-refractivity contribution in [3.63, 3.8) is 0 Å². The number of amides is 1. The van der Waals surface area contributed by atoms with Crippen molar-refractivity contribution in [2.75, 3.05) is 13.4 Å². The largest absolute Gasteiger partial charge is 0.469 e. The second-order valence-corrected chi connectivity index (χ2v) is 6.89. The van der Waals surface area contributed by atoms with Gasteiger partial charge in [-0.05, 0) is 33.4 Å². The van der Waals surface area contributed by atoms with Gasteiger partial charge < -0.3 is 19.4 Å². The molecule has 0 spiro atoms. The highest BCUT2D eigenvalue weighted by molar-refractivity contribution is 7.98. The molecular formula is C15H25N3O4S. The number of carbonyl (C=O) groups excluding carboxylic acids is 2. The number of aromatic nitrogens is 2. The highest BCUT2D eigenvalue weighted by Gasteiger charge is 2.24. The number of methoxy groups -OCH3 is 1. The predicted octanol–water partition coefficient (Wildman–Crippen LogP) is 2.66. The maximum Gasteiger partial charge on any atom is 0.408 e. The molecule has 0 aliphatic heterocycles. The minimum Gasteiger partial charge on any atom is -0.469 e. The molecule has 1 aromatic heterocycles. The smallest absolute Gasteiger partial charge is 0.408 e. The third-order valence-corrected chi connectivity index (χ3v) is 3.58. The van der Waals surface area contributed by atoms with E-state index in [9.17, 15) is 9.59 Å². The fourth-order valence-electron chi connectivity index (χ4n) is 1.95. The van der Waals surface area contributed by atoms with Crippen molar-refractivity contribution in [2.45, 2.75) is 50.3 Å². The molecule has 1 rings (SSSR count). The number of rotatable bonds is 6. The maximum absolute atomic E-state index is 12.1. The average Bonchev–Trinajstić information content (AvgIpc) is 2.82. The molecule has 0 aliphatic carbocycles. The third-order valence-electron chi connectivity index (χ3n) is 2.97. The first kappa shape index (κ1) is 19.3. The quantitative estimate of drug-likeness (QED) is 0.631. The van der Waals surface area contributed by atoms with Gasteiger partial charge in [-0.2, -0.15) is 0 Å². The summed E-state index contributed by atoms with van der Waals surface area (Å²) in [7, 11) is 3.19. The summed E-state index contributed by atoms with van der Waals surface area (Å²) in [5.74, 6) is 0.337. The van der Waals surface area contributed by atoms with Crippen LogP contribution in [-0.4, -0.2) is 40.6 Å². The second-order valence-electron chi connectivity index (χ2n) is 6.07. The summed E-state index contributed by atoms with van der Waals surface area (Å²) < 4.78 is 11.8. The second kappa shape index (κ2) is 8.24. The molecule has 0 aromatic carbocycles. The first-order chi connectivity index (χ1) is 10.7. The van der Waals surface area contributed by atoms with Crippen LogP contribution in [0.25, 0.3) is 0 Å². The molecule has 0 bridgehead atoms. The molecule has 1 amide bonds. The summed E-state index contributed by atoms with van der Waals surface area (Å²) in [6.07, 6.45) is 3.82. The van der Waals surface area contributed by atoms with Crippen LogP contribution in [0, 0.1) is 0 Å². The van der Waals surface area contributed by atoms with Crippen molar-refractivity contribution in [1.82, 2.24) is 14.9 Å². The van der Waals surface area contributed by atoms with E-state index in [0.29, 0.717) is 12.2 Å². The Morgan fingerprint density at radius 3 is 2.57 bits per heavy atom. The first-order valence-corrected chi connectivity index (χ1v) is 8.52. The summed E-state index contributed by atoms with van der Waals surface area (Å²) in [6, 6.07) is -0.435. The van der Waals surface area contributed by atoms with E-state index < -0.39 is 17.7 Å². The molecule has 7 nitrogen and oxygen atoms in total. The first-order valence-electron chi connectivity index (χ1n) is 7.30. The topological polar surface area (TPSA) is 82.4 Å². The minimum atomic E-state index is -0.594. The van der Waals surface area contributed by atoms with Crippen LogP contribution in [0.4, 0.5) is 4.79 Å². The number of imidazole rings is 1. The van der Waals surface area contributed by atoms with Crippen molar-refractivity contribution < 1.29 is 19.1 Å². The zero-order valence-electron chi connectivity index (χ0n) is 14.5. The van der Waals surface area contributed by atoms with Gasteiger partial charge in [-0.15, -0.1) is 11.8 Å². The van der Waals surface area contributed by atoms with Crippen LogP contribution < -0.4 is 5.32 Å². The van der Waals surface area contributed by atoms with E-state index >= 15 is 0 Å². The standard InChI is InChI=1S/C15H25N3O4S/c1-15(2,3)22-14(20)16-10(7-8-12(19)21-5)13-17-11(23-6)9-18(13)4/h9-10H,7-8H2,1-6H3,(H,16,20)/t10-/m0/s1. The number of alkyl carbamates (subject to hydrolysis) is 1. The zero-order chi connectivity index (χ0) is 17.6. The normalized spacial score (nSPS) is 12.6. The van der Waals surface area contributed by atoms with Gasteiger partial charge in [0.2, 0.25) is 0 Å². The van der Waals surface area contributed by atoms with Crippen molar-refractivity contribution in [2.24, 2.45) is 7.05 Å². The highest BCUT2D eigenvalue weighted by atomic mass is 32.2.